The van der Waals surface area contributed by atoms with Crippen molar-refractivity contribution in [1.29, 1.82) is 0 Å². The summed E-state index contributed by atoms with van der Waals surface area (Å²) in [5, 5.41) is 7.97. The van der Waals surface area contributed by atoms with Crippen molar-refractivity contribution in [3.05, 3.63) is 45.4 Å². The molecule has 27 heavy (non-hydrogen) atoms. The van der Waals surface area contributed by atoms with Crippen LogP contribution in [0.25, 0.3) is 0 Å². The number of nitrogens with zero attached hydrogens (tertiary/aromatic N) is 3. The van der Waals surface area contributed by atoms with E-state index in [0.717, 1.165) is 47.5 Å². The molecule has 0 spiro atoms. The van der Waals surface area contributed by atoms with E-state index in [0.29, 0.717) is 0 Å². The molecule has 0 saturated carbocycles. The van der Waals surface area contributed by atoms with E-state index in [-0.39, 0.29) is 6.04 Å². The molecule has 0 aliphatic heterocycles. The molecule has 0 fully saturated rings. The van der Waals surface area contributed by atoms with Gasteiger partial charge in [0.15, 0.2) is 5.96 Å². The topological polar surface area (TPSA) is 61.8 Å². The number of likely N-dealkylation sites (N-methyl/N-ethyl adjacent to an activating group) is 1. The van der Waals surface area contributed by atoms with Crippen LogP contribution in [0.3, 0.4) is 0 Å². The minimum Gasteiger partial charge on any atom is -0.496 e. The van der Waals surface area contributed by atoms with Gasteiger partial charge in [0.05, 0.1) is 23.9 Å². The highest BCUT2D eigenvalue weighted by atomic mass is 32.1. The van der Waals surface area contributed by atoms with Crippen molar-refractivity contribution in [2.24, 2.45) is 4.99 Å². The van der Waals surface area contributed by atoms with Crippen molar-refractivity contribution >= 4 is 17.3 Å². The van der Waals surface area contributed by atoms with Gasteiger partial charge < -0.3 is 20.3 Å². The van der Waals surface area contributed by atoms with Crippen LogP contribution in [0.1, 0.15) is 27.2 Å². The first kappa shape index (κ1) is 21.2. The first-order chi connectivity index (χ1) is 13.0. The van der Waals surface area contributed by atoms with Crippen LogP contribution in [-0.4, -0.2) is 57.2 Å². The largest absolute Gasteiger partial charge is 0.496 e. The van der Waals surface area contributed by atoms with Gasteiger partial charge in [0, 0.05) is 37.0 Å². The van der Waals surface area contributed by atoms with Crippen LogP contribution in [-0.2, 0) is 6.42 Å². The molecule has 2 aromatic rings. The number of para-hydroxylation sites is 1. The maximum absolute atomic E-state index is 5.53. The van der Waals surface area contributed by atoms with Crippen LogP contribution < -0.4 is 15.4 Å². The SMILES string of the molecule is CN=C(NCCc1nc(C)c(C)s1)NCC(c1ccccc1OC)N(C)C. The van der Waals surface area contributed by atoms with Crippen molar-refractivity contribution in [3.8, 4) is 5.75 Å². The van der Waals surface area contributed by atoms with Crippen LogP contribution in [0.15, 0.2) is 29.3 Å². The molecule has 1 heterocycles. The summed E-state index contributed by atoms with van der Waals surface area (Å²) in [6.07, 6.45) is 0.893. The second-order valence-corrected chi connectivity index (χ2v) is 7.89. The standard InChI is InChI=1S/C20H31N5OS/c1-14-15(2)27-19(24-14)11-12-22-20(21-3)23-13-17(25(4)5)16-9-7-8-10-18(16)26-6/h7-10,17H,11-13H2,1-6H3,(H2,21,22,23). The van der Waals surface area contributed by atoms with Gasteiger partial charge in [-0.1, -0.05) is 18.2 Å². The third-order valence-electron chi connectivity index (χ3n) is 4.51. The number of hydrogen-bond acceptors (Lipinski definition) is 5. The number of aliphatic imine (C=N–C) groups is 1. The third kappa shape index (κ3) is 5.94. The van der Waals surface area contributed by atoms with Gasteiger partial charge in [-0.05, 0) is 34.0 Å². The lowest BCUT2D eigenvalue weighted by Gasteiger charge is -2.27. The molecule has 1 aromatic carbocycles. The van der Waals surface area contributed by atoms with Gasteiger partial charge in [-0.25, -0.2) is 4.98 Å². The van der Waals surface area contributed by atoms with Gasteiger partial charge in [-0.15, -0.1) is 11.3 Å². The third-order valence-corrected chi connectivity index (χ3v) is 5.64. The maximum atomic E-state index is 5.53. The van der Waals surface area contributed by atoms with Crippen LogP contribution >= 0.6 is 11.3 Å². The molecule has 0 aliphatic rings. The Morgan fingerprint density at radius 2 is 2.00 bits per heavy atom. The number of hydrogen-bond donors (Lipinski definition) is 2. The maximum Gasteiger partial charge on any atom is 0.191 e. The second-order valence-electron chi connectivity index (χ2n) is 6.60. The predicted octanol–water partition coefficient (Wildman–Crippen LogP) is 2.78. The van der Waals surface area contributed by atoms with E-state index >= 15 is 0 Å². The monoisotopic (exact) mass is 389 g/mol. The Bertz CT molecular complexity index is 737. The quantitative estimate of drug-likeness (QED) is 0.537. The highest BCUT2D eigenvalue weighted by molar-refractivity contribution is 7.11. The molecule has 0 bridgehead atoms. The number of benzene rings is 1. The van der Waals surface area contributed by atoms with Crippen molar-refractivity contribution in [3.63, 3.8) is 0 Å². The van der Waals surface area contributed by atoms with Gasteiger partial charge in [0.1, 0.15) is 5.75 Å². The van der Waals surface area contributed by atoms with Crippen LogP contribution in [0.5, 0.6) is 5.75 Å². The molecule has 7 heteroatoms. The van der Waals surface area contributed by atoms with Gasteiger partial charge in [-0.3, -0.25) is 4.99 Å². The number of guanidine groups is 1. The molecule has 0 amide bonds. The van der Waals surface area contributed by atoms with Gasteiger partial charge in [-0.2, -0.15) is 0 Å². The van der Waals surface area contributed by atoms with Crippen molar-refractivity contribution in [2.75, 3.05) is 41.3 Å². The highest BCUT2D eigenvalue weighted by Gasteiger charge is 2.18. The number of methoxy groups -OCH3 is 1. The number of rotatable bonds is 8. The smallest absolute Gasteiger partial charge is 0.191 e. The molecule has 1 aromatic heterocycles. The summed E-state index contributed by atoms with van der Waals surface area (Å²) in [6, 6.07) is 8.31. The fourth-order valence-corrected chi connectivity index (χ4v) is 3.79. The highest BCUT2D eigenvalue weighted by Crippen LogP contribution is 2.27. The van der Waals surface area contributed by atoms with Gasteiger partial charge >= 0.3 is 0 Å². The molecule has 0 aliphatic carbocycles. The Morgan fingerprint density at radius 1 is 1.26 bits per heavy atom. The van der Waals surface area contributed by atoms with Crippen molar-refractivity contribution < 1.29 is 4.74 Å². The number of nitrogens with one attached hydrogen (secondary N) is 2. The van der Waals surface area contributed by atoms with Crippen LogP contribution in [0.4, 0.5) is 0 Å². The van der Waals surface area contributed by atoms with Crippen LogP contribution in [0, 0.1) is 13.8 Å². The summed E-state index contributed by atoms with van der Waals surface area (Å²) >= 11 is 1.77. The van der Waals surface area contributed by atoms with E-state index in [1.54, 1.807) is 25.5 Å². The van der Waals surface area contributed by atoms with E-state index in [1.807, 2.05) is 18.2 Å². The molecular weight excluding hydrogens is 358 g/mol. The van der Waals surface area contributed by atoms with Gasteiger partial charge in [0.25, 0.3) is 0 Å². The average molecular weight is 390 g/mol. The second kappa shape index (κ2) is 10.3. The summed E-state index contributed by atoms with van der Waals surface area (Å²) in [5.74, 6) is 1.69. The van der Waals surface area contributed by atoms with E-state index in [1.165, 1.54) is 4.88 Å². The Morgan fingerprint density at radius 3 is 2.59 bits per heavy atom. The molecular formula is C20H31N5OS. The summed E-state index contributed by atoms with van der Waals surface area (Å²) in [5.41, 5.74) is 2.28. The fraction of sp³-hybridized carbons (Fsp3) is 0.500. The number of aromatic nitrogens is 1. The average Bonchev–Trinajstić information content (AvgIpc) is 2.98. The Balaban J connectivity index is 1.92. The van der Waals surface area contributed by atoms with E-state index in [9.17, 15) is 0 Å². The molecule has 2 N–H and O–H groups in total. The number of aryl methyl sites for hydroxylation is 2. The van der Waals surface area contributed by atoms with E-state index in [2.05, 4.69) is 59.5 Å². The molecule has 0 radical (unpaired) electrons. The zero-order valence-electron chi connectivity index (χ0n) is 17.2. The molecule has 1 unspecified atom stereocenters. The zero-order valence-corrected chi connectivity index (χ0v) is 18.0. The van der Waals surface area contributed by atoms with Crippen LogP contribution in [0.2, 0.25) is 0 Å². The minimum atomic E-state index is 0.170. The van der Waals surface area contributed by atoms with E-state index in [4.69, 9.17) is 4.74 Å². The number of ether oxygens (including phenoxy) is 1. The summed E-state index contributed by atoms with van der Waals surface area (Å²) in [7, 11) is 7.65. The number of thiazole rings is 1. The van der Waals surface area contributed by atoms with Gasteiger partial charge in [0.2, 0.25) is 0 Å². The molecule has 1 atom stereocenters. The van der Waals surface area contributed by atoms with Crippen molar-refractivity contribution in [1.82, 2.24) is 20.5 Å². The molecule has 2 rings (SSSR count). The lowest BCUT2D eigenvalue weighted by atomic mass is 10.0. The summed E-state index contributed by atoms with van der Waals surface area (Å²) < 4.78 is 5.53. The lowest BCUT2D eigenvalue weighted by Crippen LogP contribution is -2.42. The zero-order chi connectivity index (χ0) is 19.8. The molecule has 6 nitrogen and oxygen atoms in total. The van der Waals surface area contributed by atoms with E-state index < -0.39 is 0 Å². The minimum absolute atomic E-state index is 0.170. The Hall–Kier alpha value is -2.12. The van der Waals surface area contributed by atoms with Crippen molar-refractivity contribution in [2.45, 2.75) is 26.3 Å². The normalized spacial score (nSPS) is 12.9. The molecule has 148 valence electrons. The fourth-order valence-electron chi connectivity index (χ4n) is 2.86. The molecule has 0 saturated heterocycles. The summed E-state index contributed by atoms with van der Waals surface area (Å²) in [6.45, 7) is 5.70. The predicted molar refractivity (Wildman–Crippen MR) is 114 cm³/mol. The lowest BCUT2D eigenvalue weighted by molar-refractivity contribution is 0.288. The Labute approximate surface area is 166 Å². The first-order valence-electron chi connectivity index (χ1n) is 9.13. The first-order valence-corrected chi connectivity index (χ1v) is 9.94. The Kier molecular flexibility index (Phi) is 8.06. The summed E-state index contributed by atoms with van der Waals surface area (Å²) in [4.78, 5) is 12.4.